The molecule has 28 heavy (non-hydrogen) atoms. The summed E-state index contributed by atoms with van der Waals surface area (Å²) in [6, 6.07) is 11.3. The molecule has 2 aromatic rings. The third kappa shape index (κ3) is 4.20. The molecule has 0 amide bonds. The number of hydrogen-bond acceptors (Lipinski definition) is 6. The molecule has 1 heterocycles. The van der Waals surface area contributed by atoms with Crippen molar-refractivity contribution >= 4 is 23.9 Å². The van der Waals surface area contributed by atoms with Crippen molar-refractivity contribution in [2.45, 2.75) is 13.8 Å². The molecule has 1 N–H and O–H groups in total. The van der Waals surface area contributed by atoms with E-state index in [1.54, 1.807) is 36.4 Å². The third-order valence-electron chi connectivity index (χ3n) is 3.87. The van der Waals surface area contributed by atoms with Crippen molar-refractivity contribution in [3.8, 4) is 11.5 Å². The maximum absolute atomic E-state index is 12.2. The van der Waals surface area contributed by atoms with Crippen molar-refractivity contribution in [2.24, 2.45) is 4.99 Å². The second-order valence-corrected chi connectivity index (χ2v) is 5.79. The van der Waals surface area contributed by atoms with Crippen molar-refractivity contribution in [3.05, 3.63) is 64.9 Å². The zero-order chi connectivity index (χ0) is 20.1. The Bertz CT molecular complexity index is 959. The standard InChI is InChI=1S/C21H19NO6/c1-3-26-17-10-9-15(12-18(17)27-4-2)19-22-16(21(25)28-19)11-13-5-7-14(8-6-13)20(23)24/h5-12H,3-4H2,1-2H3,(H,23,24). The van der Waals surface area contributed by atoms with E-state index in [1.807, 2.05) is 13.8 Å². The molecule has 0 aromatic heterocycles. The van der Waals surface area contributed by atoms with Gasteiger partial charge in [-0.05, 0) is 55.8 Å². The van der Waals surface area contributed by atoms with Crippen LogP contribution >= 0.6 is 0 Å². The molecule has 144 valence electrons. The van der Waals surface area contributed by atoms with Gasteiger partial charge in [0.15, 0.2) is 17.2 Å². The molecular formula is C21H19NO6. The van der Waals surface area contributed by atoms with Crippen molar-refractivity contribution in [2.75, 3.05) is 13.2 Å². The molecule has 7 nitrogen and oxygen atoms in total. The van der Waals surface area contributed by atoms with Gasteiger partial charge < -0.3 is 19.3 Å². The van der Waals surface area contributed by atoms with Crippen molar-refractivity contribution < 1.29 is 28.9 Å². The fourth-order valence-corrected chi connectivity index (χ4v) is 2.60. The van der Waals surface area contributed by atoms with E-state index in [0.29, 0.717) is 35.8 Å². The molecule has 2 aromatic carbocycles. The van der Waals surface area contributed by atoms with Crippen LogP contribution in [-0.4, -0.2) is 36.2 Å². The fourth-order valence-electron chi connectivity index (χ4n) is 2.60. The molecule has 0 fully saturated rings. The number of aromatic carboxylic acids is 1. The Hall–Kier alpha value is -3.61. The highest BCUT2D eigenvalue weighted by Gasteiger charge is 2.25. The molecule has 0 atom stereocenters. The predicted octanol–water partition coefficient (Wildman–Crippen LogP) is 3.53. The number of carboxylic acids is 1. The number of aliphatic imine (C=N–C) groups is 1. The molecule has 3 rings (SSSR count). The number of esters is 1. The number of benzene rings is 2. The number of rotatable bonds is 7. The summed E-state index contributed by atoms with van der Waals surface area (Å²) in [5.41, 5.74) is 1.52. The molecule has 0 saturated carbocycles. The van der Waals surface area contributed by atoms with E-state index in [-0.39, 0.29) is 17.2 Å². The highest BCUT2D eigenvalue weighted by atomic mass is 16.6. The normalized spacial score (nSPS) is 14.6. The van der Waals surface area contributed by atoms with Gasteiger partial charge in [-0.3, -0.25) is 0 Å². The third-order valence-corrected chi connectivity index (χ3v) is 3.87. The minimum absolute atomic E-state index is 0.130. The topological polar surface area (TPSA) is 94.4 Å². The summed E-state index contributed by atoms with van der Waals surface area (Å²) in [5.74, 6) is -0.276. The Morgan fingerprint density at radius 3 is 2.39 bits per heavy atom. The van der Waals surface area contributed by atoms with Crippen LogP contribution in [0.1, 0.15) is 35.3 Å². The van der Waals surface area contributed by atoms with Crippen LogP contribution in [0.15, 0.2) is 53.2 Å². The lowest BCUT2D eigenvalue weighted by atomic mass is 10.1. The maximum atomic E-state index is 12.2. The number of carboxylic acid groups (broad SMARTS) is 1. The number of nitrogens with zero attached hydrogens (tertiary/aromatic N) is 1. The fraction of sp³-hybridized carbons (Fsp3) is 0.190. The quantitative estimate of drug-likeness (QED) is 0.582. The van der Waals surface area contributed by atoms with Gasteiger partial charge in [-0.2, -0.15) is 0 Å². The highest BCUT2D eigenvalue weighted by molar-refractivity contribution is 6.13. The summed E-state index contributed by atoms with van der Waals surface area (Å²) >= 11 is 0. The zero-order valence-electron chi connectivity index (χ0n) is 15.5. The lowest BCUT2D eigenvalue weighted by molar-refractivity contribution is -0.129. The zero-order valence-corrected chi connectivity index (χ0v) is 15.5. The molecule has 7 heteroatoms. The Kier molecular flexibility index (Phi) is 5.74. The molecule has 1 aliphatic rings. The number of carbonyl (C=O) groups is 2. The Labute approximate surface area is 161 Å². The summed E-state index contributed by atoms with van der Waals surface area (Å²) in [7, 11) is 0. The van der Waals surface area contributed by atoms with E-state index in [9.17, 15) is 9.59 Å². The highest BCUT2D eigenvalue weighted by Crippen LogP contribution is 2.30. The number of carbonyl (C=O) groups excluding carboxylic acids is 1. The molecule has 0 bridgehead atoms. The average Bonchev–Trinajstić information content (AvgIpc) is 3.04. The minimum Gasteiger partial charge on any atom is -0.490 e. The van der Waals surface area contributed by atoms with Crippen LogP contribution in [-0.2, 0) is 9.53 Å². The Morgan fingerprint density at radius 2 is 1.75 bits per heavy atom. The van der Waals surface area contributed by atoms with Gasteiger partial charge in [0.2, 0.25) is 5.90 Å². The molecule has 0 unspecified atom stereocenters. The number of cyclic esters (lactones) is 1. The van der Waals surface area contributed by atoms with Gasteiger partial charge in [-0.25, -0.2) is 14.6 Å². The second kappa shape index (κ2) is 8.39. The van der Waals surface area contributed by atoms with Crippen LogP contribution < -0.4 is 9.47 Å². The number of ether oxygens (including phenoxy) is 3. The summed E-state index contributed by atoms with van der Waals surface area (Å²) in [5, 5.41) is 8.95. The Morgan fingerprint density at radius 1 is 1.07 bits per heavy atom. The van der Waals surface area contributed by atoms with Crippen molar-refractivity contribution in [3.63, 3.8) is 0 Å². The lowest BCUT2D eigenvalue weighted by Crippen LogP contribution is -2.06. The summed E-state index contributed by atoms with van der Waals surface area (Å²) in [6.07, 6.45) is 1.54. The smallest absolute Gasteiger partial charge is 0.363 e. The van der Waals surface area contributed by atoms with Gasteiger partial charge in [0.1, 0.15) is 0 Å². The van der Waals surface area contributed by atoms with Gasteiger partial charge in [0.05, 0.1) is 18.8 Å². The van der Waals surface area contributed by atoms with E-state index in [0.717, 1.165) is 0 Å². The van der Waals surface area contributed by atoms with Crippen molar-refractivity contribution in [1.82, 2.24) is 0 Å². The largest absolute Gasteiger partial charge is 0.490 e. The van der Waals surface area contributed by atoms with Crippen LogP contribution in [0.25, 0.3) is 6.08 Å². The Balaban J connectivity index is 1.88. The van der Waals surface area contributed by atoms with E-state index in [2.05, 4.69) is 4.99 Å². The first-order valence-corrected chi connectivity index (χ1v) is 8.77. The summed E-state index contributed by atoms with van der Waals surface area (Å²) in [4.78, 5) is 27.3. The van der Waals surface area contributed by atoms with Crippen LogP contribution in [0.5, 0.6) is 11.5 Å². The molecule has 0 spiro atoms. The molecule has 0 saturated heterocycles. The second-order valence-electron chi connectivity index (χ2n) is 5.79. The van der Waals surface area contributed by atoms with Gasteiger partial charge in [0.25, 0.3) is 0 Å². The SMILES string of the molecule is CCOc1ccc(C2=NC(=Cc3ccc(C(=O)O)cc3)C(=O)O2)cc1OCC. The minimum atomic E-state index is -1.01. The van der Waals surface area contributed by atoms with Gasteiger partial charge in [-0.1, -0.05) is 12.1 Å². The molecule has 0 radical (unpaired) electrons. The first-order valence-electron chi connectivity index (χ1n) is 8.77. The van der Waals surface area contributed by atoms with E-state index in [1.165, 1.54) is 12.1 Å². The van der Waals surface area contributed by atoms with Crippen LogP contribution in [0, 0.1) is 0 Å². The summed E-state index contributed by atoms with van der Waals surface area (Å²) in [6.45, 7) is 4.72. The van der Waals surface area contributed by atoms with E-state index in [4.69, 9.17) is 19.3 Å². The van der Waals surface area contributed by atoms with Crippen LogP contribution in [0.3, 0.4) is 0 Å². The van der Waals surface area contributed by atoms with E-state index < -0.39 is 11.9 Å². The number of hydrogen-bond donors (Lipinski definition) is 1. The average molecular weight is 381 g/mol. The summed E-state index contributed by atoms with van der Waals surface area (Å²) < 4.78 is 16.4. The van der Waals surface area contributed by atoms with Crippen molar-refractivity contribution in [1.29, 1.82) is 0 Å². The molecular weight excluding hydrogens is 362 g/mol. The lowest BCUT2D eigenvalue weighted by Gasteiger charge is -2.11. The van der Waals surface area contributed by atoms with Gasteiger partial charge in [0, 0.05) is 5.56 Å². The molecule has 1 aliphatic heterocycles. The van der Waals surface area contributed by atoms with Crippen LogP contribution in [0.4, 0.5) is 0 Å². The molecule has 0 aliphatic carbocycles. The maximum Gasteiger partial charge on any atom is 0.363 e. The predicted molar refractivity (Wildman–Crippen MR) is 103 cm³/mol. The van der Waals surface area contributed by atoms with Crippen LogP contribution in [0.2, 0.25) is 0 Å². The first-order chi connectivity index (χ1) is 13.5. The van der Waals surface area contributed by atoms with E-state index >= 15 is 0 Å². The first kappa shape index (κ1) is 19.2. The van der Waals surface area contributed by atoms with Gasteiger partial charge in [-0.15, -0.1) is 0 Å². The van der Waals surface area contributed by atoms with Gasteiger partial charge >= 0.3 is 11.9 Å². The monoisotopic (exact) mass is 381 g/mol.